The number of carbonyl (C=O) groups is 1. The molecule has 1 amide bonds. The molecule has 3 unspecified atom stereocenters. The van der Waals surface area contributed by atoms with Crippen LogP contribution in [0.25, 0.3) is 0 Å². The maximum absolute atomic E-state index is 12.2. The largest absolute Gasteiger partial charge is 0.377 e. The fourth-order valence-electron chi connectivity index (χ4n) is 2.14. The standard InChI is InChI=1S/C15H18N2O2S/c1-10-14(7-8-19-10)20-11(2)15(18)17-13-6-4-3-5-12(13)9-16/h3-6,10-11,14H,7-8H2,1-2H3,(H,17,18). The Balaban J connectivity index is 1.96. The zero-order chi connectivity index (χ0) is 14.5. The Morgan fingerprint density at radius 3 is 2.95 bits per heavy atom. The van der Waals surface area contributed by atoms with Crippen molar-refractivity contribution in [2.24, 2.45) is 0 Å². The second kappa shape index (κ2) is 6.78. The first-order chi connectivity index (χ1) is 9.61. The van der Waals surface area contributed by atoms with Crippen LogP contribution in [0.5, 0.6) is 0 Å². The van der Waals surface area contributed by atoms with E-state index in [0.29, 0.717) is 16.5 Å². The summed E-state index contributed by atoms with van der Waals surface area (Å²) in [6.07, 6.45) is 1.18. The average Bonchev–Trinajstić information content (AvgIpc) is 2.84. The SMILES string of the molecule is CC(SC1CCOC1C)C(=O)Nc1ccccc1C#N. The van der Waals surface area contributed by atoms with Crippen molar-refractivity contribution in [2.75, 3.05) is 11.9 Å². The molecule has 0 saturated carbocycles. The third-order valence-corrected chi connectivity index (χ3v) is 4.95. The van der Waals surface area contributed by atoms with Crippen LogP contribution in [-0.2, 0) is 9.53 Å². The lowest BCUT2D eigenvalue weighted by molar-refractivity contribution is -0.115. The molecule has 5 heteroatoms. The highest BCUT2D eigenvalue weighted by atomic mass is 32.2. The normalized spacial score (nSPS) is 23.1. The van der Waals surface area contributed by atoms with Crippen LogP contribution in [0.3, 0.4) is 0 Å². The van der Waals surface area contributed by atoms with Gasteiger partial charge in [0, 0.05) is 11.9 Å². The third-order valence-electron chi connectivity index (χ3n) is 3.36. The fourth-order valence-corrected chi connectivity index (χ4v) is 3.38. The molecule has 3 atom stereocenters. The van der Waals surface area contributed by atoms with Crippen LogP contribution in [0.4, 0.5) is 5.69 Å². The Hall–Kier alpha value is -1.51. The lowest BCUT2D eigenvalue weighted by atomic mass is 10.2. The van der Waals surface area contributed by atoms with E-state index in [2.05, 4.69) is 11.4 Å². The molecule has 1 aliphatic rings. The van der Waals surface area contributed by atoms with Gasteiger partial charge in [-0.05, 0) is 32.4 Å². The first-order valence-electron chi connectivity index (χ1n) is 6.69. The lowest BCUT2D eigenvalue weighted by Crippen LogP contribution is -2.27. The van der Waals surface area contributed by atoms with E-state index in [0.717, 1.165) is 13.0 Å². The molecule has 2 rings (SSSR count). The second-order valence-electron chi connectivity index (χ2n) is 4.83. The molecule has 0 radical (unpaired) electrons. The number of carbonyl (C=O) groups excluding carboxylic acids is 1. The van der Waals surface area contributed by atoms with Crippen LogP contribution >= 0.6 is 11.8 Å². The van der Waals surface area contributed by atoms with Gasteiger partial charge in [0.2, 0.25) is 5.91 Å². The summed E-state index contributed by atoms with van der Waals surface area (Å²) in [5.41, 5.74) is 1.05. The number of benzene rings is 1. The molecule has 20 heavy (non-hydrogen) atoms. The van der Waals surface area contributed by atoms with E-state index in [9.17, 15) is 4.79 Å². The van der Waals surface area contributed by atoms with Crippen LogP contribution in [0.1, 0.15) is 25.8 Å². The zero-order valence-corrected chi connectivity index (χ0v) is 12.4. The zero-order valence-electron chi connectivity index (χ0n) is 11.6. The smallest absolute Gasteiger partial charge is 0.237 e. The molecular formula is C15H18N2O2S. The molecule has 1 aromatic carbocycles. The molecule has 1 saturated heterocycles. The number of rotatable bonds is 4. The number of anilines is 1. The average molecular weight is 290 g/mol. The van der Waals surface area contributed by atoms with Crippen molar-refractivity contribution in [3.05, 3.63) is 29.8 Å². The van der Waals surface area contributed by atoms with Gasteiger partial charge in [-0.2, -0.15) is 5.26 Å². The number of hydrogen-bond acceptors (Lipinski definition) is 4. The van der Waals surface area contributed by atoms with E-state index in [1.54, 1.807) is 36.0 Å². The van der Waals surface area contributed by atoms with Crippen LogP contribution in [0.15, 0.2) is 24.3 Å². The molecule has 4 nitrogen and oxygen atoms in total. The van der Waals surface area contributed by atoms with Crippen molar-refractivity contribution in [1.29, 1.82) is 5.26 Å². The van der Waals surface area contributed by atoms with Gasteiger partial charge >= 0.3 is 0 Å². The van der Waals surface area contributed by atoms with E-state index >= 15 is 0 Å². The number of amides is 1. The Morgan fingerprint density at radius 2 is 2.30 bits per heavy atom. The molecule has 1 aliphatic heterocycles. The minimum absolute atomic E-state index is 0.0724. The first kappa shape index (κ1) is 14.9. The first-order valence-corrected chi connectivity index (χ1v) is 7.63. The Kier molecular flexibility index (Phi) is 5.05. The Bertz CT molecular complexity index is 527. The Labute approximate surface area is 123 Å². The molecule has 0 spiro atoms. The topological polar surface area (TPSA) is 62.1 Å². The van der Waals surface area contributed by atoms with E-state index in [4.69, 9.17) is 10.00 Å². The van der Waals surface area contributed by atoms with Gasteiger partial charge in [0.25, 0.3) is 0 Å². The van der Waals surface area contributed by atoms with Gasteiger partial charge in [0.15, 0.2) is 0 Å². The third kappa shape index (κ3) is 3.53. The highest BCUT2D eigenvalue weighted by molar-refractivity contribution is 8.01. The highest BCUT2D eigenvalue weighted by Crippen LogP contribution is 2.30. The van der Waals surface area contributed by atoms with Gasteiger partial charge in [0.05, 0.1) is 22.6 Å². The number of thioether (sulfide) groups is 1. The van der Waals surface area contributed by atoms with Crippen molar-refractivity contribution in [3.8, 4) is 6.07 Å². The van der Waals surface area contributed by atoms with Crippen LogP contribution in [0.2, 0.25) is 0 Å². The molecular weight excluding hydrogens is 272 g/mol. The maximum atomic E-state index is 12.2. The monoisotopic (exact) mass is 290 g/mol. The van der Waals surface area contributed by atoms with Crippen molar-refractivity contribution in [1.82, 2.24) is 0 Å². The number of ether oxygens (including phenoxy) is 1. The lowest BCUT2D eigenvalue weighted by Gasteiger charge is -2.18. The summed E-state index contributed by atoms with van der Waals surface area (Å²) >= 11 is 1.64. The molecule has 1 N–H and O–H groups in total. The van der Waals surface area contributed by atoms with Gasteiger partial charge in [-0.3, -0.25) is 4.79 Å². The summed E-state index contributed by atoms with van der Waals surface area (Å²) in [6, 6.07) is 9.11. The van der Waals surface area contributed by atoms with Crippen molar-refractivity contribution < 1.29 is 9.53 Å². The molecule has 1 fully saturated rings. The minimum Gasteiger partial charge on any atom is -0.377 e. The molecule has 106 valence electrons. The van der Waals surface area contributed by atoms with Gasteiger partial charge in [-0.1, -0.05) is 12.1 Å². The highest BCUT2D eigenvalue weighted by Gasteiger charge is 2.28. The number of nitrogens with one attached hydrogen (secondary N) is 1. The van der Waals surface area contributed by atoms with Crippen molar-refractivity contribution in [2.45, 2.75) is 36.9 Å². The molecule has 0 aliphatic carbocycles. The molecule has 1 heterocycles. The van der Waals surface area contributed by atoms with E-state index in [-0.39, 0.29) is 17.3 Å². The summed E-state index contributed by atoms with van der Waals surface area (Å²) < 4.78 is 5.51. The van der Waals surface area contributed by atoms with Gasteiger partial charge in [0.1, 0.15) is 6.07 Å². The summed E-state index contributed by atoms with van der Waals surface area (Å²) in [4.78, 5) is 12.2. The summed E-state index contributed by atoms with van der Waals surface area (Å²) in [5.74, 6) is -0.0724. The minimum atomic E-state index is -0.170. The number of nitriles is 1. The number of nitrogens with zero attached hydrogens (tertiary/aromatic N) is 1. The van der Waals surface area contributed by atoms with Gasteiger partial charge in [-0.15, -0.1) is 11.8 Å². The number of para-hydroxylation sites is 1. The molecule has 0 bridgehead atoms. The van der Waals surface area contributed by atoms with Crippen LogP contribution in [0, 0.1) is 11.3 Å². The van der Waals surface area contributed by atoms with E-state index in [1.807, 2.05) is 13.8 Å². The quantitative estimate of drug-likeness (QED) is 0.926. The van der Waals surface area contributed by atoms with Gasteiger partial charge in [-0.25, -0.2) is 0 Å². The summed E-state index contributed by atoms with van der Waals surface area (Å²) in [6.45, 7) is 4.70. The number of hydrogen-bond donors (Lipinski definition) is 1. The second-order valence-corrected chi connectivity index (χ2v) is 6.41. The molecule has 0 aromatic heterocycles. The fraction of sp³-hybridized carbons (Fsp3) is 0.467. The van der Waals surface area contributed by atoms with Crippen LogP contribution in [-0.4, -0.2) is 29.1 Å². The van der Waals surface area contributed by atoms with E-state index in [1.165, 1.54) is 0 Å². The van der Waals surface area contributed by atoms with Crippen molar-refractivity contribution in [3.63, 3.8) is 0 Å². The Morgan fingerprint density at radius 1 is 1.55 bits per heavy atom. The predicted molar refractivity (Wildman–Crippen MR) is 80.7 cm³/mol. The summed E-state index contributed by atoms with van der Waals surface area (Å²) in [5, 5.41) is 12.0. The maximum Gasteiger partial charge on any atom is 0.237 e. The predicted octanol–water partition coefficient (Wildman–Crippen LogP) is 2.80. The van der Waals surface area contributed by atoms with Crippen LogP contribution < -0.4 is 5.32 Å². The van der Waals surface area contributed by atoms with Gasteiger partial charge < -0.3 is 10.1 Å². The van der Waals surface area contributed by atoms with E-state index < -0.39 is 0 Å². The summed E-state index contributed by atoms with van der Waals surface area (Å²) in [7, 11) is 0. The molecule has 1 aromatic rings. The van der Waals surface area contributed by atoms with Crippen molar-refractivity contribution >= 4 is 23.4 Å².